The van der Waals surface area contributed by atoms with Crippen molar-refractivity contribution < 1.29 is 4.79 Å². The highest BCUT2D eigenvalue weighted by molar-refractivity contribution is 7.14. The number of aromatic amines is 1. The van der Waals surface area contributed by atoms with E-state index in [0.717, 1.165) is 33.6 Å². The minimum atomic E-state index is -0.0594. The van der Waals surface area contributed by atoms with E-state index in [1.165, 1.54) is 11.3 Å². The Bertz CT molecular complexity index is 860. The normalized spacial score (nSPS) is 11.4. The molecule has 23 heavy (non-hydrogen) atoms. The predicted octanol–water partition coefficient (Wildman–Crippen LogP) is 4.43. The number of H-pyrrole nitrogens is 1. The molecule has 0 spiro atoms. The van der Waals surface area contributed by atoms with Gasteiger partial charge in [0.05, 0.1) is 5.56 Å². The van der Waals surface area contributed by atoms with Gasteiger partial charge >= 0.3 is 0 Å². The van der Waals surface area contributed by atoms with Gasteiger partial charge in [-0.3, -0.25) is 4.79 Å². The van der Waals surface area contributed by atoms with Crippen molar-refractivity contribution >= 4 is 39.4 Å². The first-order chi connectivity index (χ1) is 11.2. The Morgan fingerprint density at radius 3 is 3.00 bits per heavy atom. The fraction of sp³-hybridized carbons (Fsp3) is 0.222. The molecule has 2 heterocycles. The van der Waals surface area contributed by atoms with Crippen LogP contribution in [0.4, 0.5) is 5.00 Å². The molecule has 0 aliphatic carbocycles. The van der Waals surface area contributed by atoms with Crippen LogP contribution in [0.5, 0.6) is 0 Å². The standard InChI is InChI=1S/C18H19N3OS/c1-3-9-19-17(22)14-8-10-23-18(14)20-11-15-12(2)21-16-7-5-4-6-13(15)16/h4-8,10-11,21H,3,9H2,1-2H3,(H,19,22). The highest BCUT2D eigenvalue weighted by atomic mass is 32.1. The van der Waals surface area contributed by atoms with Gasteiger partial charge in [0, 0.05) is 34.9 Å². The van der Waals surface area contributed by atoms with Gasteiger partial charge in [0.2, 0.25) is 0 Å². The van der Waals surface area contributed by atoms with Gasteiger partial charge in [-0.25, -0.2) is 4.99 Å². The Balaban J connectivity index is 1.90. The second-order valence-corrected chi connectivity index (χ2v) is 6.26. The van der Waals surface area contributed by atoms with Crippen molar-refractivity contribution in [1.82, 2.24) is 10.3 Å². The fourth-order valence-corrected chi connectivity index (χ4v) is 3.23. The lowest BCUT2D eigenvalue weighted by Crippen LogP contribution is -2.23. The molecule has 0 unspecified atom stereocenters. The molecular formula is C18H19N3OS. The zero-order chi connectivity index (χ0) is 16.2. The maximum atomic E-state index is 12.1. The molecule has 0 bridgehead atoms. The second kappa shape index (κ2) is 6.79. The van der Waals surface area contributed by atoms with E-state index in [0.29, 0.717) is 12.1 Å². The van der Waals surface area contributed by atoms with Crippen LogP contribution in [0.2, 0.25) is 0 Å². The molecule has 3 rings (SSSR count). The number of hydrogen-bond acceptors (Lipinski definition) is 3. The summed E-state index contributed by atoms with van der Waals surface area (Å²) in [7, 11) is 0. The number of aliphatic imine (C=N–C) groups is 1. The summed E-state index contributed by atoms with van der Waals surface area (Å²) in [5.74, 6) is -0.0594. The molecule has 0 radical (unpaired) electrons. The van der Waals surface area contributed by atoms with Crippen LogP contribution in [0.3, 0.4) is 0 Å². The zero-order valence-electron chi connectivity index (χ0n) is 13.2. The van der Waals surface area contributed by atoms with Crippen LogP contribution in [0.15, 0.2) is 40.7 Å². The van der Waals surface area contributed by atoms with Gasteiger partial charge in [-0.15, -0.1) is 11.3 Å². The van der Waals surface area contributed by atoms with Crippen molar-refractivity contribution in [3.8, 4) is 0 Å². The van der Waals surface area contributed by atoms with Gasteiger partial charge in [0.25, 0.3) is 5.91 Å². The third-order valence-corrected chi connectivity index (χ3v) is 4.50. The van der Waals surface area contributed by atoms with Gasteiger partial charge in [0.15, 0.2) is 0 Å². The number of para-hydroxylation sites is 1. The van der Waals surface area contributed by atoms with Gasteiger partial charge in [0.1, 0.15) is 5.00 Å². The molecule has 0 aliphatic heterocycles. The fourth-order valence-electron chi connectivity index (χ4n) is 2.50. The van der Waals surface area contributed by atoms with Gasteiger partial charge in [-0.2, -0.15) is 0 Å². The maximum Gasteiger partial charge on any atom is 0.254 e. The van der Waals surface area contributed by atoms with E-state index in [1.807, 2.05) is 43.6 Å². The summed E-state index contributed by atoms with van der Waals surface area (Å²) in [6, 6.07) is 9.97. The van der Waals surface area contributed by atoms with Crippen molar-refractivity contribution in [2.45, 2.75) is 20.3 Å². The lowest BCUT2D eigenvalue weighted by atomic mass is 10.1. The number of nitrogens with one attached hydrogen (secondary N) is 2. The van der Waals surface area contributed by atoms with Gasteiger partial charge in [-0.1, -0.05) is 25.1 Å². The summed E-state index contributed by atoms with van der Waals surface area (Å²) in [5.41, 5.74) is 3.87. The van der Waals surface area contributed by atoms with E-state index in [9.17, 15) is 4.79 Å². The largest absolute Gasteiger partial charge is 0.358 e. The molecule has 2 N–H and O–H groups in total. The van der Waals surface area contributed by atoms with Crippen molar-refractivity contribution in [3.05, 3.63) is 52.5 Å². The molecule has 4 nitrogen and oxygen atoms in total. The Labute approximate surface area is 139 Å². The summed E-state index contributed by atoms with van der Waals surface area (Å²) in [5, 5.41) is 6.68. The number of aryl methyl sites for hydroxylation is 1. The van der Waals surface area contributed by atoms with Gasteiger partial charge < -0.3 is 10.3 Å². The molecular weight excluding hydrogens is 306 g/mol. The minimum absolute atomic E-state index is 0.0594. The van der Waals surface area contributed by atoms with Crippen molar-refractivity contribution in [3.63, 3.8) is 0 Å². The van der Waals surface area contributed by atoms with E-state index in [2.05, 4.69) is 27.4 Å². The summed E-state index contributed by atoms with van der Waals surface area (Å²) in [4.78, 5) is 20.1. The molecule has 2 aromatic heterocycles. The highest BCUT2D eigenvalue weighted by Crippen LogP contribution is 2.27. The number of hydrogen-bond donors (Lipinski definition) is 2. The van der Waals surface area contributed by atoms with Crippen molar-refractivity contribution in [2.75, 3.05) is 6.54 Å². The molecule has 0 aliphatic rings. The van der Waals surface area contributed by atoms with Crippen LogP contribution in [0.1, 0.15) is 35.0 Å². The van der Waals surface area contributed by atoms with Crippen molar-refractivity contribution in [2.24, 2.45) is 4.99 Å². The lowest BCUT2D eigenvalue weighted by molar-refractivity contribution is 0.0955. The molecule has 0 saturated heterocycles. The second-order valence-electron chi connectivity index (χ2n) is 5.36. The smallest absolute Gasteiger partial charge is 0.254 e. The Morgan fingerprint density at radius 2 is 2.17 bits per heavy atom. The first kappa shape index (κ1) is 15.5. The third kappa shape index (κ3) is 3.19. The number of benzene rings is 1. The predicted molar refractivity (Wildman–Crippen MR) is 97.2 cm³/mol. The molecule has 0 fully saturated rings. The maximum absolute atomic E-state index is 12.1. The summed E-state index contributed by atoms with van der Waals surface area (Å²) < 4.78 is 0. The molecule has 0 atom stereocenters. The molecule has 3 aromatic rings. The van der Waals surface area contributed by atoms with E-state index in [-0.39, 0.29) is 5.91 Å². The number of nitrogens with zero attached hydrogens (tertiary/aromatic N) is 1. The number of amides is 1. The monoisotopic (exact) mass is 325 g/mol. The van der Waals surface area contributed by atoms with Gasteiger partial charge in [-0.05, 0) is 30.9 Å². The Hall–Kier alpha value is -2.40. The van der Waals surface area contributed by atoms with Crippen LogP contribution in [-0.2, 0) is 0 Å². The zero-order valence-corrected chi connectivity index (χ0v) is 14.0. The SMILES string of the molecule is CCCNC(=O)c1ccsc1N=Cc1c(C)[nH]c2ccccc12. The topological polar surface area (TPSA) is 57.2 Å². The molecule has 118 valence electrons. The number of fused-ring (bicyclic) bond motifs is 1. The number of aromatic nitrogens is 1. The number of carbonyl (C=O) groups excluding carboxylic acids is 1. The minimum Gasteiger partial charge on any atom is -0.358 e. The summed E-state index contributed by atoms with van der Waals surface area (Å²) in [6.07, 6.45) is 2.76. The lowest BCUT2D eigenvalue weighted by Gasteiger charge is -2.02. The number of carbonyl (C=O) groups is 1. The van der Waals surface area contributed by atoms with Crippen molar-refractivity contribution in [1.29, 1.82) is 0 Å². The highest BCUT2D eigenvalue weighted by Gasteiger charge is 2.12. The van der Waals surface area contributed by atoms with Crippen LogP contribution in [-0.4, -0.2) is 23.7 Å². The Kier molecular flexibility index (Phi) is 4.57. The summed E-state index contributed by atoms with van der Waals surface area (Å²) >= 11 is 1.48. The van der Waals surface area contributed by atoms with E-state index in [4.69, 9.17) is 0 Å². The molecule has 1 aromatic carbocycles. The first-order valence-electron chi connectivity index (χ1n) is 7.67. The first-order valence-corrected chi connectivity index (χ1v) is 8.55. The van der Waals surface area contributed by atoms with Crippen LogP contribution < -0.4 is 5.32 Å². The van der Waals surface area contributed by atoms with E-state index >= 15 is 0 Å². The Morgan fingerprint density at radius 1 is 1.35 bits per heavy atom. The van der Waals surface area contributed by atoms with E-state index < -0.39 is 0 Å². The summed E-state index contributed by atoms with van der Waals surface area (Å²) in [6.45, 7) is 4.75. The van der Waals surface area contributed by atoms with Crippen LogP contribution >= 0.6 is 11.3 Å². The number of rotatable bonds is 5. The molecule has 0 saturated carbocycles. The average Bonchev–Trinajstić information content (AvgIpc) is 3.14. The molecule has 1 amide bonds. The average molecular weight is 325 g/mol. The van der Waals surface area contributed by atoms with Crippen LogP contribution in [0, 0.1) is 6.92 Å². The molecule has 5 heteroatoms. The number of thiophene rings is 1. The third-order valence-electron chi connectivity index (χ3n) is 3.68. The van der Waals surface area contributed by atoms with Crippen LogP contribution in [0.25, 0.3) is 10.9 Å². The quantitative estimate of drug-likeness (QED) is 0.670. The van der Waals surface area contributed by atoms with E-state index in [1.54, 1.807) is 0 Å².